The monoisotopic (exact) mass is 159 g/mol. The summed E-state index contributed by atoms with van der Waals surface area (Å²) < 4.78 is 5.55. The van der Waals surface area contributed by atoms with E-state index in [1.165, 1.54) is 0 Å². The third-order valence-corrected chi connectivity index (χ3v) is 1.96. The Balaban J connectivity index is 2.37. The number of aliphatic hydroxyl groups excluding tert-OH is 1. The summed E-state index contributed by atoms with van der Waals surface area (Å²) in [5.74, 6) is 0. The number of hydrogen-bond donors (Lipinski definition) is 2. The molecule has 0 spiro atoms. The van der Waals surface area contributed by atoms with Crippen molar-refractivity contribution in [1.82, 2.24) is 5.32 Å². The van der Waals surface area contributed by atoms with E-state index in [1.807, 2.05) is 6.92 Å². The number of morpholine rings is 1. The van der Waals surface area contributed by atoms with Gasteiger partial charge in [0, 0.05) is 19.5 Å². The third-order valence-electron chi connectivity index (χ3n) is 1.96. The zero-order valence-electron chi connectivity index (χ0n) is 7.26. The molecule has 0 radical (unpaired) electrons. The SMILES string of the molecule is CC(O)CC1(C)CNCCO1. The Bertz CT molecular complexity index is 119. The van der Waals surface area contributed by atoms with Crippen LogP contribution < -0.4 is 5.32 Å². The Hall–Kier alpha value is -0.120. The second kappa shape index (κ2) is 3.52. The average Bonchev–Trinajstić information content (AvgIpc) is 1.85. The van der Waals surface area contributed by atoms with E-state index in [9.17, 15) is 0 Å². The van der Waals surface area contributed by atoms with Crippen molar-refractivity contribution in [2.75, 3.05) is 19.7 Å². The van der Waals surface area contributed by atoms with Gasteiger partial charge < -0.3 is 15.2 Å². The normalized spacial score (nSPS) is 35.2. The number of ether oxygens (including phenoxy) is 1. The van der Waals surface area contributed by atoms with Crippen LogP contribution in [0, 0.1) is 0 Å². The first-order valence-corrected chi connectivity index (χ1v) is 4.15. The Labute approximate surface area is 67.7 Å². The van der Waals surface area contributed by atoms with E-state index in [1.54, 1.807) is 6.92 Å². The molecule has 2 N–H and O–H groups in total. The molecule has 2 unspecified atom stereocenters. The van der Waals surface area contributed by atoms with Crippen molar-refractivity contribution >= 4 is 0 Å². The van der Waals surface area contributed by atoms with Crippen LogP contribution in [-0.4, -0.2) is 36.5 Å². The lowest BCUT2D eigenvalue weighted by atomic mass is 9.98. The number of hydrogen-bond acceptors (Lipinski definition) is 3. The predicted molar refractivity (Wildman–Crippen MR) is 43.5 cm³/mol. The van der Waals surface area contributed by atoms with Gasteiger partial charge >= 0.3 is 0 Å². The zero-order chi connectivity index (χ0) is 8.32. The largest absolute Gasteiger partial charge is 0.393 e. The Kier molecular flexibility index (Phi) is 2.87. The lowest BCUT2D eigenvalue weighted by molar-refractivity contribution is -0.0761. The fourth-order valence-electron chi connectivity index (χ4n) is 1.53. The molecule has 0 aliphatic carbocycles. The van der Waals surface area contributed by atoms with Crippen LogP contribution in [0.2, 0.25) is 0 Å². The van der Waals surface area contributed by atoms with Crippen LogP contribution in [0.4, 0.5) is 0 Å². The van der Waals surface area contributed by atoms with Crippen LogP contribution in [0.25, 0.3) is 0 Å². The van der Waals surface area contributed by atoms with Crippen molar-refractivity contribution in [3.63, 3.8) is 0 Å². The van der Waals surface area contributed by atoms with Gasteiger partial charge in [0.15, 0.2) is 0 Å². The number of nitrogens with one attached hydrogen (secondary N) is 1. The van der Waals surface area contributed by atoms with Crippen LogP contribution in [0.15, 0.2) is 0 Å². The summed E-state index contributed by atoms with van der Waals surface area (Å²) in [6.45, 7) is 6.35. The molecule has 3 nitrogen and oxygen atoms in total. The third kappa shape index (κ3) is 2.77. The molecule has 3 heteroatoms. The molecule has 0 aromatic heterocycles. The highest BCUT2D eigenvalue weighted by Crippen LogP contribution is 2.18. The topological polar surface area (TPSA) is 41.5 Å². The van der Waals surface area contributed by atoms with Crippen molar-refractivity contribution < 1.29 is 9.84 Å². The molecule has 1 rings (SSSR count). The summed E-state index contributed by atoms with van der Waals surface area (Å²) in [5.41, 5.74) is -0.160. The number of rotatable bonds is 2. The minimum Gasteiger partial charge on any atom is -0.393 e. The van der Waals surface area contributed by atoms with Crippen LogP contribution in [0.1, 0.15) is 20.3 Å². The van der Waals surface area contributed by atoms with Crippen molar-refractivity contribution in [1.29, 1.82) is 0 Å². The fraction of sp³-hybridized carbons (Fsp3) is 1.00. The summed E-state index contributed by atoms with van der Waals surface area (Å²) in [7, 11) is 0. The maximum absolute atomic E-state index is 9.16. The Morgan fingerprint density at radius 2 is 2.45 bits per heavy atom. The molecule has 1 heterocycles. The minimum atomic E-state index is -0.278. The first kappa shape index (κ1) is 8.97. The van der Waals surface area contributed by atoms with Gasteiger partial charge in [0.05, 0.1) is 18.3 Å². The predicted octanol–water partition coefficient (Wildman–Crippen LogP) is 0.136. The van der Waals surface area contributed by atoms with Gasteiger partial charge in [0.25, 0.3) is 0 Å². The van der Waals surface area contributed by atoms with Crippen LogP contribution in [-0.2, 0) is 4.74 Å². The van der Waals surface area contributed by atoms with Gasteiger partial charge in [0.1, 0.15) is 0 Å². The Morgan fingerprint density at radius 1 is 1.73 bits per heavy atom. The summed E-state index contributed by atoms with van der Waals surface area (Å²) in [6, 6.07) is 0. The van der Waals surface area contributed by atoms with Crippen molar-refractivity contribution in [2.24, 2.45) is 0 Å². The second-order valence-corrected chi connectivity index (χ2v) is 3.53. The summed E-state index contributed by atoms with van der Waals surface area (Å²) in [5, 5.41) is 12.4. The van der Waals surface area contributed by atoms with Gasteiger partial charge in [-0.2, -0.15) is 0 Å². The van der Waals surface area contributed by atoms with Crippen LogP contribution in [0.3, 0.4) is 0 Å². The summed E-state index contributed by atoms with van der Waals surface area (Å²) in [4.78, 5) is 0. The quantitative estimate of drug-likeness (QED) is 0.602. The van der Waals surface area contributed by atoms with E-state index in [4.69, 9.17) is 9.84 Å². The van der Waals surface area contributed by atoms with Crippen LogP contribution in [0.5, 0.6) is 0 Å². The highest BCUT2D eigenvalue weighted by Gasteiger charge is 2.28. The molecule has 1 saturated heterocycles. The average molecular weight is 159 g/mol. The zero-order valence-corrected chi connectivity index (χ0v) is 7.26. The molecular formula is C8H17NO2. The molecule has 1 fully saturated rings. The van der Waals surface area contributed by atoms with E-state index in [2.05, 4.69) is 5.32 Å². The smallest absolute Gasteiger partial charge is 0.0803 e. The standard InChI is InChI=1S/C8H17NO2/c1-7(10)5-8(2)6-9-3-4-11-8/h7,9-10H,3-6H2,1-2H3. The van der Waals surface area contributed by atoms with Gasteiger partial charge in [-0.05, 0) is 13.8 Å². The van der Waals surface area contributed by atoms with Crippen molar-refractivity contribution in [3.05, 3.63) is 0 Å². The van der Waals surface area contributed by atoms with E-state index in [-0.39, 0.29) is 11.7 Å². The van der Waals surface area contributed by atoms with E-state index in [0.29, 0.717) is 6.42 Å². The summed E-state index contributed by atoms with van der Waals surface area (Å²) >= 11 is 0. The minimum absolute atomic E-state index is 0.160. The molecule has 1 aliphatic rings. The maximum atomic E-state index is 9.16. The lowest BCUT2D eigenvalue weighted by Crippen LogP contribution is -2.49. The lowest BCUT2D eigenvalue weighted by Gasteiger charge is -2.35. The highest BCUT2D eigenvalue weighted by atomic mass is 16.5. The van der Waals surface area contributed by atoms with E-state index < -0.39 is 0 Å². The molecule has 2 atom stereocenters. The second-order valence-electron chi connectivity index (χ2n) is 3.53. The molecule has 0 aromatic carbocycles. The molecule has 0 bridgehead atoms. The first-order chi connectivity index (χ1) is 5.12. The molecule has 11 heavy (non-hydrogen) atoms. The van der Waals surface area contributed by atoms with Gasteiger partial charge in [-0.25, -0.2) is 0 Å². The van der Waals surface area contributed by atoms with Crippen molar-refractivity contribution in [2.45, 2.75) is 32.0 Å². The van der Waals surface area contributed by atoms with Gasteiger partial charge in [-0.1, -0.05) is 0 Å². The summed E-state index contributed by atoms with van der Waals surface area (Å²) in [6.07, 6.45) is 0.430. The first-order valence-electron chi connectivity index (χ1n) is 4.15. The fourth-order valence-corrected chi connectivity index (χ4v) is 1.53. The van der Waals surface area contributed by atoms with Crippen molar-refractivity contribution in [3.8, 4) is 0 Å². The van der Waals surface area contributed by atoms with Gasteiger partial charge in [-0.15, -0.1) is 0 Å². The van der Waals surface area contributed by atoms with Gasteiger partial charge in [0.2, 0.25) is 0 Å². The molecule has 1 aliphatic heterocycles. The molecular weight excluding hydrogens is 142 g/mol. The molecule has 0 amide bonds. The van der Waals surface area contributed by atoms with E-state index >= 15 is 0 Å². The highest BCUT2D eigenvalue weighted by molar-refractivity contribution is 4.82. The number of aliphatic hydroxyl groups is 1. The maximum Gasteiger partial charge on any atom is 0.0803 e. The van der Waals surface area contributed by atoms with E-state index in [0.717, 1.165) is 19.7 Å². The molecule has 0 saturated carbocycles. The van der Waals surface area contributed by atoms with Crippen LogP contribution >= 0.6 is 0 Å². The van der Waals surface area contributed by atoms with Gasteiger partial charge in [-0.3, -0.25) is 0 Å². The molecule has 66 valence electrons. The Morgan fingerprint density at radius 3 is 2.91 bits per heavy atom. The molecule has 0 aromatic rings.